The van der Waals surface area contributed by atoms with Crippen LogP contribution in [-0.2, 0) is 24.1 Å². The zero-order valence-electron chi connectivity index (χ0n) is 22.8. The summed E-state index contributed by atoms with van der Waals surface area (Å²) in [5, 5.41) is 14.5. The number of aryl methyl sites for hydroxylation is 3. The molecule has 0 spiro atoms. The summed E-state index contributed by atoms with van der Waals surface area (Å²) in [7, 11) is 1.42. The van der Waals surface area contributed by atoms with E-state index in [-0.39, 0.29) is 5.97 Å². The van der Waals surface area contributed by atoms with Crippen LogP contribution in [0.25, 0.3) is 28.3 Å². The lowest BCUT2D eigenvalue weighted by Gasteiger charge is -2.14. The Hall–Kier alpha value is -4.53. The van der Waals surface area contributed by atoms with Crippen LogP contribution in [0.5, 0.6) is 0 Å². The Bertz CT molecular complexity index is 1560. The van der Waals surface area contributed by atoms with Crippen LogP contribution in [0.1, 0.15) is 60.0 Å². The molecule has 0 atom stereocenters. The van der Waals surface area contributed by atoms with Gasteiger partial charge in [-0.3, -0.25) is 0 Å². The van der Waals surface area contributed by atoms with E-state index < -0.39 is 0 Å². The number of hydrogen-bond donors (Lipinski definition) is 1. The SMILES string of the molecule is CCCc1nc(-n2c(C)ccc2CCC)c(C(=O)OC)n1Cc1ccc(-c2ccccc2-c2nn[nH]n2)cc1. The van der Waals surface area contributed by atoms with Crippen molar-refractivity contribution in [2.75, 3.05) is 7.11 Å². The van der Waals surface area contributed by atoms with Gasteiger partial charge in [-0.05, 0) is 53.8 Å². The summed E-state index contributed by atoms with van der Waals surface area (Å²) in [4.78, 5) is 18.2. The van der Waals surface area contributed by atoms with Gasteiger partial charge in [-0.2, -0.15) is 5.21 Å². The predicted molar refractivity (Wildman–Crippen MR) is 150 cm³/mol. The summed E-state index contributed by atoms with van der Waals surface area (Å²) in [6, 6.07) is 20.5. The highest BCUT2D eigenvalue weighted by Crippen LogP contribution is 2.30. The van der Waals surface area contributed by atoms with Gasteiger partial charge in [0.25, 0.3) is 0 Å². The highest BCUT2D eigenvalue weighted by atomic mass is 16.5. The number of esters is 1. The smallest absolute Gasteiger partial charge is 0.358 e. The molecular formula is C30H33N7O2. The first kappa shape index (κ1) is 26.1. The third kappa shape index (κ3) is 5.12. The summed E-state index contributed by atoms with van der Waals surface area (Å²) in [6.07, 6.45) is 3.57. The van der Waals surface area contributed by atoms with E-state index in [1.807, 2.05) is 35.8 Å². The molecule has 0 unspecified atom stereocenters. The van der Waals surface area contributed by atoms with Crippen molar-refractivity contribution in [1.29, 1.82) is 0 Å². The number of nitrogens with zero attached hydrogens (tertiary/aromatic N) is 6. The van der Waals surface area contributed by atoms with E-state index in [1.54, 1.807) is 0 Å². The molecule has 2 aromatic carbocycles. The van der Waals surface area contributed by atoms with Crippen molar-refractivity contribution in [1.82, 2.24) is 34.7 Å². The van der Waals surface area contributed by atoms with Crippen molar-refractivity contribution in [2.24, 2.45) is 0 Å². The summed E-state index contributed by atoms with van der Waals surface area (Å²) in [5.74, 6) is 1.67. The van der Waals surface area contributed by atoms with Gasteiger partial charge in [0, 0.05) is 29.9 Å². The van der Waals surface area contributed by atoms with Crippen LogP contribution >= 0.6 is 0 Å². The van der Waals surface area contributed by atoms with Crippen LogP contribution in [0, 0.1) is 6.92 Å². The van der Waals surface area contributed by atoms with Gasteiger partial charge in [0.05, 0.1) is 7.11 Å². The Morgan fingerprint density at radius 3 is 2.36 bits per heavy atom. The number of aromatic nitrogens is 7. The van der Waals surface area contributed by atoms with Gasteiger partial charge in [0.1, 0.15) is 5.82 Å². The normalized spacial score (nSPS) is 11.2. The number of methoxy groups -OCH3 is 1. The molecule has 0 aliphatic heterocycles. The fraction of sp³-hybridized carbons (Fsp3) is 0.300. The summed E-state index contributed by atoms with van der Waals surface area (Å²) in [5.41, 5.74) is 6.67. The molecule has 0 aliphatic carbocycles. The van der Waals surface area contributed by atoms with Crippen molar-refractivity contribution < 1.29 is 9.53 Å². The van der Waals surface area contributed by atoms with E-state index in [1.165, 1.54) is 7.11 Å². The Morgan fingerprint density at radius 2 is 1.69 bits per heavy atom. The number of ether oxygens (including phenoxy) is 1. The standard InChI is InChI=1S/C30H33N7O2/c1-5-9-23-18-13-20(3)37(23)29-27(30(38)39-4)36(26(31-29)10-6-2)19-21-14-16-22(17-15-21)24-11-7-8-12-25(24)28-32-34-35-33-28/h7-8,11-18H,5-6,9-10,19H2,1-4H3,(H,32,33,34,35). The molecule has 0 fully saturated rings. The molecule has 39 heavy (non-hydrogen) atoms. The molecule has 200 valence electrons. The van der Waals surface area contributed by atoms with Crippen molar-refractivity contribution in [2.45, 2.75) is 53.0 Å². The van der Waals surface area contributed by atoms with Gasteiger partial charge in [-0.15, -0.1) is 10.2 Å². The number of tetrazole rings is 1. The highest BCUT2D eigenvalue weighted by molar-refractivity contribution is 5.91. The number of carbonyl (C=O) groups excluding carboxylic acids is 1. The van der Waals surface area contributed by atoms with E-state index in [9.17, 15) is 4.79 Å². The number of imidazole rings is 1. The Labute approximate surface area is 227 Å². The molecule has 1 N–H and O–H groups in total. The third-order valence-corrected chi connectivity index (χ3v) is 6.87. The van der Waals surface area contributed by atoms with Crippen LogP contribution in [0.2, 0.25) is 0 Å². The number of benzene rings is 2. The van der Waals surface area contributed by atoms with Gasteiger partial charge in [0.15, 0.2) is 11.5 Å². The molecule has 5 rings (SSSR count). The molecule has 9 heteroatoms. The fourth-order valence-electron chi connectivity index (χ4n) is 5.05. The third-order valence-electron chi connectivity index (χ3n) is 6.87. The second-order valence-electron chi connectivity index (χ2n) is 9.56. The molecule has 9 nitrogen and oxygen atoms in total. The number of H-pyrrole nitrogens is 1. The van der Waals surface area contributed by atoms with E-state index in [4.69, 9.17) is 9.72 Å². The monoisotopic (exact) mass is 523 g/mol. The average Bonchev–Trinajstić information content (AvgIpc) is 3.69. The van der Waals surface area contributed by atoms with Crippen LogP contribution in [0.3, 0.4) is 0 Å². The Morgan fingerprint density at radius 1 is 0.949 bits per heavy atom. The maximum atomic E-state index is 13.2. The first-order valence-electron chi connectivity index (χ1n) is 13.3. The zero-order valence-corrected chi connectivity index (χ0v) is 22.8. The lowest BCUT2D eigenvalue weighted by atomic mass is 9.98. The van der Waals surface area contributed by atoms with Crippen LogP contribution in [0.15, 0.2) is 60.7 Å². The number of nitrogens with one attached hydrogen (secondary N) is 1. The number of hydrogen-bond acceptors (Lipinski definition) is 6. The van der Waals surface area contributed by atoms with Crippen molar-refractivity contribution in [3.63, 3.8) is 0 Å². The van der Waals surface area contributed by atoms with Gasteiger partial charge in [0.2, 0.25) is 5.82 Å². The van der Waals surface area contributed by atoms with Crippen molar-refractivity contribution >= 4 is 5.97 Å². The van der Waals surface area contributed by atoms with Gasteiger partial charge in [-0.1, -0.05) is 68.8 Å². The fourth-order valence-corrected chi connectivity index (χ4v) is 5.05. The first-order chi connectivity index (χ1) is 19.0. The molecule has 0 bridgehead atoms. The molecule has 3 aromatic heterocycles. The minimum absolute atomic E-state index is 0.388. The summed E-state index contributed by atoms with van der Waals surface area (Å²) in [6.45, 7) is 6.82. The largest absolute Gasteiger partial charge is 0.464 e. The summed E-state index contributed by atoms with van der Waals surface area (Å²) < 4.78 is 9.39. The molecular weight excluding hydrogens is 490 g/mol. The van der Waals surface area contributed by atoms with Crippen LogP contribution < -0.4 is 0 Å². The van der Waals surface area contributed by atoms with Crippen molar-refractivity contribution in [3.05, 3.63) is 89.1 Å². The van der Waals surface area contributed by atoms with Crippen LogP contribution in [0.4, 0.5) is 0 Å². The molecule has 0 saturated heterocycles. The molecule has 0 aliphatic rings. The van der Waals surface area contributed by atoms with Gasteiger partial charge >= 0.3 is 5.97 Å². The van der Waals surface area contributed by atoms with Crippen molar-refractivity contribution in [3.8, 4) is 28.3 Å². The number of rotatable bonds is 10. The minimum Gasteiger partial charge on any atom is -0.464 e. The summed E-state index contributed by atoms with van der Waals surface area (Å²) >= 11 is 0. The molecule has 0 radical (unpaired) electrons. The molecule has 0 amide bonds. The Kier molecular flexibility index (Phi) is 7.67. The maximum Gasteiger partial charge on any atom is 0.358 e. The highest BCUT2D eigenvalue weighted by Gasteiger charge is 2.26. The molecule has 5 aromatic rings. The number of carbonyl (C=O) groups is 1. The Balaban J connectivity index is 1.55. The second kappa shape index (κ2) is 11.5. The average molecular weight is 524 g/mol. The van der Waals surface area contributed by atoms with Gasteiger partial charge < -0.3 is 13.9 Å². The predicted octanol–water partition coefficient (Wildman–Crippen LogP) is 5.57. The topological polar surface area (TPSA) is 104 Å². The minimum atomic E-state index is -0.388. The quantitative estimate of drug-likeness (QED) is 0.240. The lowest BCUT2D eigenvalue weighted by Crippen LogP contribution is -2.16. The van der Waals surface area contributed by atoms with E-state index in [2.05, 4.69) is 75.4 Å². The molecule has 0 saturated carbocycles. The van der Waals surface area contributed by atoms with E-state index in [0.717, 1.165) is 65.1 Å². The van der Waals surface area contributed by atoms with Gasteiger partial charge in [-0.25, -0.2) is 9.78 Å². The molecule has 3 heterocycles. The van der Waals surface area contributed by atoms with E-state index >= 15 is 0 Å². The lowest BCUT2D eigenvalue weighted by molar-refractivity contribution is 0.0588. The van der Waals surface area contributed by atoms with E-state index in [0.29, 0.717) is 23.9 Å². The second-order valence-corrected chi connectivity index (χ2v) is 9.56. The van der Waals surface area contributed by atoms with Crippen LogP contribution in [-0.4, -0.2) is 47.8 Å². The first-order valence-corrected chi connectivity index (χ1v) is 13.3. The maximum absolute atomic E-state index is 13.2. The number of aromatic amines is 1. The zero-order chi connectivity index (χ0) is 27.4.